The van der Waals surface area contributed by atoms with E-state index in [-0.39, 0.29) is 6.04 Å². The van der Waals surface area contributed by atoms with Gasteiger partial charge >= 0.3 is 0 Å². The first-order chi connectivity index (χ1) is 19.0. The van der Waals surface area contributed by atoms with Gasteiger partial charge in [0, 0.05) is 31.9 Å². The summed E-state index contributed by atoms with van der Waals surface area (Å²) >= 11 is 3.53. The van der Waals surface area contributed by atoms with Crippen LogP contribution in [0.25, 0.3) is 0 Å². The van der Waals surface area contributed by atoms with E-state index >= 15 is 0 Å². The average Bonchev–Trinajstić information content (AvgIpc) is 2.98. The van der Waals surface area contributed by atoms with Gasteiger partial charge in [-0.15, -0.1) is 0 Å². The molecule has 2 aromatic rings. The molecule has 1 atom stereocenters. The summed E-state index contributed by atoms with van der Waals surface area (Å²) < 4.78 is 0. The highest BCUT2D eigenvalue weighted by atomic mass is 32.1. The van der Waals surface area contributed by atoms with Gasteiger partial charge in [0.1, 0.15) is 0 Å². The fourth-order valence-corrected chi connectivity index (χ4v) is 4.76. The second kappa shape index (κ2) is 21.6. The number of carbonyl (C=O) groups excluding carboxylic acids is 1. The normalized spacial score (nSPS) is 13.7. The first kappa shape index (κ1) is 34.8. The second-order valence-corrected chi connectivity index (χ2v) is 10.2. The summed E-state index contributed by atoms with van der Waals surface area (Å²) in [6.07, 6.45) is 10.0. The van der Waals surface area contributed by atoms with E-state index in [0.29, 0.717) is 0 Å². The minimum absolute atomic E-state index is 0.169. The molecule has 0 radical (unpaired) electrons. The van der Waals surface area contributed by atoms with E-state index < -0.39 is 0 Å². The standard InChI is InChI=1S/C21H36N4O.C10H15N.CH4S/c1-19(12-13-22-2)25(18-26)21-11-6-5-10-20(21)23(3)14-9-17-24-15-7-4-8-16-24;1-3-8-11-10-7-5-4-6-9(10)2;1-2/h5-6,10-11,18-19,22H,4,7-9,12-17H2,1-3H3;4-7,11H,3,8H2,1-2H3;2H,1H3. The van der Waals surface area contributed by atoms with Crippen LogP contribution in [0, 0.1) is 6.92 Å². The molecule has 0 bridgehead atoms. The van der Waals surface area contributed by atoms with Gasteiger partial charge in [-0.3, -0.25) is 4.79 Å². The molecule has 1 fully saturated rings. The number of anilines is 3. The maximum atomic E-state index is 11.8. The molecule has 0 saturated carbocycles. The van der Waals surface area contributed by atoms with Crippen molar-refractivity contribution in [3.05, 3.63) is 54.1 Å². The van der Waals surface area contributed by atoms with Gasteiger partial charge in [-0.1, -0.05) is 43.7 Å². The fourth-order valence-electron chi connectivity index (χ4n) is 4.76. The number of benzene rings is 2. The zero-order chi connectivity index (χ0) is 28.9. The minimum Gasteiger partial charge on any atom is -0.385 e. The van der Waals surface area contributed by atoms with Crippen molar-refractivity contribution in [2.75, 3.05) is 74.7 Å². The number of rotatable bonds is 14. The molecule has 6 nitrogen and oxygen atoms in total. The fraction of sp³-hybridized carbons (Fsp3) is 0.594. The number of para-hydroxylation sites is 3. The molecule has 1 aliphatic heterocycles. The van der Waals surface area contributed by atoms with Crippen LogP contribution in [-0.4, -0.2) is 77.0 Å². The Morgan fingerprint density at radius 1 is 1.00 bits per heavy atom. The van der Waals surface area contributed by atoms with Crippen LogP contribution in [0.3, 0.4) is 0 Å². The summed E-state index contributed by atoms with van der Waals surface area (Å²) in [5.41, 5.74) is 4.72. The third-order valence-corrected chi connectivity index (χ3v) is 7.10. The van der Waals surface area contributed by atoms with Gasteiger partial charge in [-0.25, -0.2) is 0 Å². The molecule has 0 aromatic heterocycles. The van der Waals surface area contributed by atoms with Crippen LogP contribution in [0.1, 0.15) is 57.9 Å². The molecule has 0 spiro atoms. The monoisotopic (exact) mass is 557 g/mol. The highest BCUT2D eigenvalue weighted by Crippen LogP contribution is 2.30. The smallest absolute Gasteiger partial charge is 0.214 e. The lowest BCUT2D eigenvalue weighted by Crippen LogP contribution is -2.36. The number of carbonyl (C=O) groups is 1. The molecule has 0 aliphatic carbocycles. The molecular weight excluding hydrogens is 502 g/mol. The summed E-state index contributed by atoms with van der Waals surface area (Å²) in [5, 5.41) is 6.53. The van der Waals surface area contributed by atoms with Gasteiger partial charge in [0.05, 0.1) is 11.4 Å². The van der Waals surface area contributed by atoms with Crippen LogP contribution < -0.4 is 20.4 Å². The predicted octanol–water partition coefficient (Wildman–Crippen LogP) is 6.32. The van der Waals surface area contributed by atoms with Crippen LogP contribution in [0.15, 0.2) is 48.5 Å². The molecule has 1 saturated heterocycles. The zero-order valence-corrected chi connectivity index (χ0v) is 26.4. The van der Waals surface area contributed by atoms with Gasteiger partial charge in [0.15, 0.2) is 0 Å². The lowest BCUT2D eigenvalue weighted by molar-refractivity contribution is -0.107. The van der Waals surface area contributed by atoms with Crippen LogP contribution >= 0.6 is 12.6 Å². The predicted molar refractivity (Wildman–Crippen MR) is 176 cm³/mol. The zero-order valence-electron chi connectivity index (χ0n) is 25.5. The third kappa shape index (κ3) is 13.1. The molecule has 1 heterocycles. The van der Waals surface area contributed by atoms with E-state index in [2.05, 4.69) is 103 Å². The van der Waals surface area contributed by atoms with Crippen molar-refractivity contribution >= 4 is 36.1 Å². The van der Waals surface area contributed by atoms with Gasteiger partial charge < -0.3 is 25.3 Å². The Balaban J connectivity index is 0.000000487. The number of hydrogen-bond acceptors (Lipinski definition) is 6. The molecular formula is C32H55N5OS. The van der Waals surface area contributed by atoms with Crippen molar-refractivity contribution in [1.82, 2.24) is 10.2 Å². The van der Waals surface area contributed by atoms with E-state index in [1.807, 2.05) is 18.0 Å². The van der Waals surface area contributed by atoms with Crippen LogP contribution in [0.5, 0.6) is 0 Å². The molecule has 7 heteroatoms. The van der Waals surface area contributed by atoms with E-state index in [1.165, 1.54) is 56.6 Å². The Kier molecular flexibility index (Phi) is 19.3. The highest BCUT2D eigenvalue weighted by Gasteiger charge is 2.18. The Bertz CT molecular complexity index is 890. The number of piperidine rings is 1. The van der Waals surface area contributed by atoms with Crippen LogP contribution in [-0.2, 0) is 4.79 Å². The first-order valence-corrected chi connectivity index (χ1v) is 15.6. The number of amides is 1. The minimum atomic E-state index is 0.169. The quantitative estimate of drug-likeness (QED) is 0.187. The van der Waals surface area contributed by atoms with Gasteiger partial charge in [0.25, 0.3) is 0 Å². The van der Waals surface area contributed by atoms with Crippen LogP contribution in [0.4, 0.5) is 17.1 Å². The Hall–Kier alpha value is -2.22. The summed E-state index contributed by atoms with van der Waals surface area (Å²) in [7, 11) is 4.08. The van der Waals surface area contributed by atoms with Gasteiger partial charge in [-0.2, -0.15) is 12.6 Å². The number of aryl methyl sites for hydroxylation is 1. The SMILES string of the molecule is CCCNc1ccccc1C.CNCCC(C)N(C=O)c1ccccc1N(C)CCCN1CCCCC1.CS. The number of likely N-dealkylation sites (tertiary alicyclic amines) is 1. The maximum Gasteiger partial charge on any atom is 0.214 e. The van der Waals surface area contributed by atoms with E-state index in [0.717, 1.165) is 50.3 Å². The van der Waals surface area contributed by atoms with Crippen molar-refractivity contribution in [2.45, 2.75) is 65.3 Å². The van der Waals surface area contributed by atoms with E-state index in [9.17, 15) is 4.79 Å². The molecule has 1 aliphatic rings. The molecule has 2 N–H and O–H groups in total. The topological polar surface area (TPSA) is 50.9 Å². The largest absolute Gasteiger partial charge is 0.385 e. The molecule has 1 amide bonds. The number of thiol groups is 1. The van der Waals surface area contributed by atoms with E-state index in [1.54, 1.807) is 6.26 Å². The average molecular weight is 558 g/mol. The van der Waals surface area contributed by atoms with Crippen molar-refractivity contribution in [3.63, 3.8) is 0 Å². The maximum absolute atomic E-state index is 11.8. The lowest BCUT2D eigenvalue weighted by atomic mass is 10.1. The van der Waals surface area contributed by atoms with Crippen molar-refractivity contribution in [1.29, 1.82) is 0 Å². The summed E-state index contributed by atoms with van der Waals surface area (Å²) in [6, 6.07) is 16.8. The van der Waals surface area contributed by atoms with E-state index in [4.69, 9.17) is 0 Å². The summed E-state index contributed by atoms with van der Waals surface area (Å²) in [4.78, 5) is 18.5. The summed E-state index contributed by atoms with van der Waals surface area (Å²) in [5.74, 6) is 0. The lowest BCUT2D eigenvalue weighted by Gasteiger charge is -2.31. The van der Waals surface area contributed by atoms with Gasteiger partial charge in [0.2, 0.25) is 6.41 Å². The van der Waals surface area contributed by atoms with Crippen molar-refractivity contribution < 1.29 is 4.79 Å². The van der Waals surface area contributed by atoms with Crippen molar-refractivity contribution in [3.8, 4) is 0 Å². The molecule has 220 valence electrons. The third-order valence-electron chi connectivity index (χ3n) is 7.10. The Labute approximate surface area is 244 Å². The van der Waals surface area contributed by atoms with Crippen molar-refractivity contribution in [2.24, 2.45) is 0 Å². The molecule has 1 unspecified atom stereocenters. The molecule has 39 heavy (non-hydrogen) atoms. The number of hydrogen-bond donors (Lipinski definition) is 3. The Morgan fingerprint density at radius 2 is 1.64 bits per heavy atom. The highest BCUT2D eigenvalue weighted by molar-refractivity contribution is 7.79. The molecule has 2 aromatic carbocycles. The summed E-state index contributed by atoms with van der Waals surface area (Å²) in [6.45, 7) is 13.0. The second-order valence-electron chi connectivity index (χ2n) is 10.2. The Morgan fingerprint density at radius 3 is 2.26 bits per heavy atom. The number of nitrogens with zero attached hydrogens (tertiary/aromatic N) is 3. The first-order valence-electron chi connectivity index (χ1n) is 14.7. The number of nitrogens with one attached hydrogen (secondary N) is 2. The van der Waals surface area contributed by atoms with Gasteiger partial charge in [-0.05, 0) is 109 Å². The van der Waals surface area contributed by atoms with Crippen LogP contribution in [0.2, 0.25) is 0 Å². The molecule has 3 rings (SSSR count).